The molecule has 1 aromatic carbocycles. The number of amides is 2. The molecular weight excluding hydrogens is 462 g/mol. The number of thioether (sulfide) groups is 1. The number of aliphatic imine (C=N–C) groups is 1. The van der Waals surface area contributed by atoms with E-state index in [0.717, 1.165) is 42.6 Å². The van der Waals surface area contributed by atoms with Gasteiger partial charge in [0.15, 0.2) is 5.17 Å². The van der Waals surface area contributed by atoms with Crippen LogP contribution in [0.25, 0.3) is 0 Å². The second-order valence-corrected chi connectivity index (χ2v) is 9.81. The SMILES string of the molecule is CCN(CC)C(=O)C1=C(C)N=C2SC=C(CC(=O)N3CCN(C)CC3)N2C1c1ccccc1OC. The Balaban J connectivity index is 1.73. The third-order valence-corrected chi connectivity index (χ3v) is 7.79. The van der Waals surface area contributed by atoms with Gasteiger partial charge in [-0.2, -0.15) is 0 Å². The number of rotatable bonds is 7. The molecule has 1 atom stereocenters. The molecule has 0 bridgehead atoms. The van der Waals surface area contributed by atoms with Crippen LogP contribution in [0.4, 0.5) is 0 Å². The number of carbonyl (C=O) groups excluding carboxylic acids is 2. The van der Waals surface area contributed by atoms with Gasteiger partial charge in [0.1, 0.15) is 5.75 Å². The van der Waals surface area contributed by atoms with Crippen molar-refractivity contribution in [2.75, 3.05) is 53.4 Å². The first-order valence-electron chi connectivity index (χ1n) is 12.2. The predicted octanol–water partition coefficient (Wildman–Crippen LogP) is 3.30. The van der Waals surface area contributed by atoms with Gasteiger partial charge in [-0.15, -0.1) is 0 Å². The molecule has 3 heterocycles. The average Bonchev–Trinajstić information content (AvgIpc) is 3.25. The number of piperazine rings is 1. The third-order valence-electron chi connectivity index (χ3n) is 6.90. The number of nitrogens with zero attached hydrogens (tertiary/aromatic N) is 5. The van der Waals surface area contributed by atoms with Crippen LogP contribution in [0.5, 0.6) is 5.75 Å². The minimum atomic E-state index is -0.423. The number of allylic oxidation sites excluding steroid dienone is 1. The Morgan fingerprint density at radius 2 is 1.83 bits per heavy atom. The summed E-state index contributed by atoms with van der Waals surface area (Å²) in [6.45, 7) is 10.3. The monoisotopic (exact) mass is 497 g/mol. The van der Waals surface area contributed by atoms with Crippen LogP contribution in [0.3, 0.4) is 0 Å². The maximum Gasteiger partial charge on any atom is 0.254 e. The summed E-state index contributed by atoms with van der Waals surface area (Å²) < 4.78 is 5.72. The number of hydrogen-bond donors (Lipinski definition) is 0. The van der Waals surface area contributed by atoms with Crippen molar-refractivity contribution in [3.8, 4) is 5.75 Å². The molecule has 1 saturated heterocycles. The first kappa shape index (κ1) is 25.3. The molecule has 9 heteroatoms. The fourth-order valence-corrected chi connectivity index (χ4v) is 5.80. The van der Waals surface area contributed by atoms with Gasteiger partial charge in [-0.25, -0.2) is 4.99 Å². The molecular formula is C26H35N5O3S. The van der Waals surface area contributed by atoms with E-state index < -0.39 is 6.04 Å². The smallest absolute Gasteiger partial charge is 0.254 e. The number of methoxy groups -OCH3 is 1. The highest BCUT2D eigenvalue weighted by Gasteiger charge is 2.42. The van der Waals surface area contributed by atoms with Crippen LogP contribution in [0, 0.1) is 0 Å². The van der Waals surface area contributed by atoms with Crippen LogP contribution in [-0.4, -0.2) is 90.0 Å². The molecule has 1 unspecified atom stereocenters. The largest absolute Gasteiger partial charge is 0.496 e. The second kappa shape index (κ2) is 10.9. The van der Waals surface area contributed by atoms with E-state index in [-0.39, 0.29) is 18.2 Å². The van der Waals surface area contributed by atoms with Gasteiger partial charge in [-0.05, 0) is 39.3 Å². The Morgan fingerprint density at radius 3 is 2.49 bits per heavy atom. The maximum absolute atomic E-state index is 13.8. The normalized spacial score (nSPS) is 20.4. The highest BCUT2D eigenvalue weighted by Crippen LogP contribution is 2.47. The first-order valence-corrected chi connectivity index (χ1v) is 13.1. The summed E-state index contributed by atoms with van der Waals surface area (Å²) >= 11 is 1.51. The fourth-order valence-electron chi connectivity index (χ4n) is 4.83. The summed E-state index contributed by atoms with van der Waals surface area (Å²) in [5, 5.41) is 2.79. The molecule has 0 aromatic heterocycles. The number of para-hydroxylation sites is 1. The lowest BCUT2D eigenvalue weighted by Gasteiger charge is -2.39. The molecule has 3 aliphatic heterocycles. The number of benzene rings is 1. The molecule has 0 aliphatic carbocycles. The summed E-state index contributed by atoms with van der Waals surface area (Å²) in [4.78, 5) is 39.9. The topological polar surface area (TPSA) is 68.7 Å². The Hall–Kier alpha value is -2.78. The van der Waals surface area contributed by atoms with Crippen molar-refractivity contribution in [2.24, 2.45) is 4.99 Å². The number of hydrogen-bond acceptors (Lipinski definition) is 7. The van der Waals surface area contributed by atoms with E-state index in [1.807, 2.05) is 60.2 Å². The van der Waals surface area contributed by atoms with E-state index in [1.165, 1.54) is 11.8 Å². The first-order chi connectivity index (χ1) is 16.9. The molecule has 8 nitrogen and oxygen atoms in total. The molecule has 0 N–H and O–H groups in total. The van der Waals surface area contributed by atoms with Gasteiger partial charge in [-0.1, -0.05) is 30.0 Å². The average molecular weight is 498 g/mol. The Labute approximate surface area is 212 Å². The number of fused-ring (bicyclic) bond motifs is 1. The highest BCUT2D eigenvalue weighted by atomic mass is 32.2. The van der Waals surface area contributed by atoms with Gasteiger partial charge in [-0.3, -0.25) is 9.59 Å². The molecule has 1 fully saturated rings. The van der Waals surface area contributed by atoms with Crippen molar-refractivity contribution in [3.05, 3.63) is 52.2 Å². The zero-order valence-electron chi connectivity index (χ0n) is 21.3. The summed E-state index contributed by atoms with van der Waals surface area (Å²) in [5.74, 6) is 0.777. The molecule has 2 amide bonds. The number of ether oxygens (including phenoxy) is 1. The van der Waals surface area contributed by atoms with E-state index >= 15 is 0 Å². The number of amidine groups is 1. The van der Waals surface area contributed by atoms with Gasteiger partial charge >= 0.3 is 0 Å². The molecule has 1 aromatic rings. The number of likely N-dealkylation sites (N-methyl/N-ethyl adjacent to an activating group) is 2. The quantitative estimate of drug-likeness (QED) is 0.576. The van der Waals surface area contributed by atoms with Crippen LogP contribution in [0.15, 0.2) is 51.6 Å². The van der Waals surface area contributed by atoms with Crippen LogP contribution >= 0.6 is 11.8 Å². The molecule has 0 saturated carbocycles. The highest BCUT2D eigenvalue weighted by molar-refractivity contribution is 8.16. The van der Waals surface area contributed by atoms with Crippen molar-refractivity contribution in [1.82, 2.24) is 19.6 Å². The lowest BCUT2D eigenvalue weighted by Crippen LogP contribution is -2.47. The summed E-state index contributed by atoms with van der Waals surface area (Å²) in [7, 11) is 3.72. The summed E-state index contributed by atoms with van der Waals surface area (Å²) in [5.41, 5.74) is 3.09. The van der Waals surface area contributed by atoms with E-state index in [9.17, 15) is 9.59 Å². The molecule has 4 rings (SSSR count). The molecule has 35 heavy (non-hydrogen) atoms. The Kier molecular flexibility index (Phi) is 7.86. The predicted molar refractivity (Wildman–Crippen MR) is 140 cm³/mol. The van der Waals surface area contributed by atoms with Gasteiger partial charge in [0.05, 0.1) is 30.8 Å². The van der Waals surface area contributed by atoms with Gasteiger partial charge in [0.2, 0.25) is 5.91 Å². The molecule has 188 valence electrons. The lowest BCUT2D eigenvalue weighted by molar-refractivity contribution is -0.132. The summed E-state index contributed by atoms with van der Waals surface area (Å²) in [6, 6.07) is 7.37. The minimum absolute atomic E-state index is 0.0344. The van der Waals surface area contributed by atoms with Gasteiger partial charge in [0.25, 0.3) is 5.91 Å². The zero-order chi connectivity index (χ0) is 25.1. The van der Waals surface area contributed by atoms with E-state index in [0.29, 0.717) is 30.1 Å². The minimum Gasteiger partial charge on any atom is -0.496 e. The van der Waals surface area contributed by atoms with E-state index in [2.05, 4.69) is 16.8 Å². The molecule has 3 aliphatic rings. The van der Waals surface area contributed by atoms with Crippen molar-refractivity contribution in [2.45, 2.75) is 33.2 Å². The number of carbonyl (C=O) groups is 2. The van der Waals surface area contributed by atoms with Crippen LogP contribution in [-0.2, 0) is 9.59 Å². The van der Waals surface area contributed by atoms with E-state index in [1.54, 1.807) is 7.11 Å². The lowest BCUT2D eigenvalue weighted by atomic mass is 9.92. The molecule has 0 spiro atoms. The Morgan fingerprint density at radius 1 is 1.14 bits per heavy atom. The van der Waals surface area contributed by atoms with Crippen molar-refractivity contribution >= 4 is 28.7 Å². The standard InChI is InChI=1S/C26H35N5O3S/c1-6-29(7-2)25(33)23-18(3)27-26-31(24(23)20-10-8-9-11-21(20)34-5)19(17-35-26)16-22(32)30-14-12-28(4)13-15-30/h8-11,17,24H,6-7,12-16H2,1-5H3. The van der Waals surface area contributed by atoms with Crippen molar-refractivity contribution < 1.29 is 14.3 Å². The third kappa shape index (κ3) is 4.97. The van der Waals surface area contributed by atoms with Crippen molar-refractivity contribution in [3.63, 3.8) is 0 Å². The fraction of sp³-hybridized carbons (Fsp3) is 0.500. The van der Waals surface area contributed by atoms with Crippen LogP contribution in [0.2, 0.25) is 0 Å². The Bertz CT molecular complexity index is 1070. The summed E-state index contributed by atoms with van der Waals surface area (Å²) in [6.07, 6.45) is 0.271. The van der Waals surface area contributed by atoms with E-state index in [4.69, 9.17) is 9.73 Å². The second-order valence-electron chi connectivity index (χ2n) is 8.97. The zero-order valence-corrected chi connectivity index (χ0v) is 22.1. The van der Waals surface area contributed by atoms with Gasteiger partial charge in [0, 0.05) is 50.5 Å². The van der Waals surface area contributed by atoms with Crippen LogP contribution < -0.4 is 4.74 Å². The van der Waals surface area contributed by atoms with Gasteiger partial charge < -0.3 is 24.3 Å². The van der Waals surface area contributed by atoms with Crippen molar-refractivity contribution in [1.29, 1.82) is 0 Å². The maximum atomic E-state index is 13.8. The molecule has 0 radical (unpaired) electrons. The van der Waals surface area contributed by atoms with Crippen LogP contribution in [0.1, 0.15) is 38.8 Å².